The van der Waals surface area contributed by atoms with Gasteiger partial charge in [0, 0.05) is 13.1 Å². The van der Waals surface area contributed by atoms with Gasteiger partial charge in [0.05, 0.1) is 10.0 Å². The van der Waals surface area contributed by atoms with Crippen molar-refractivity contribution in [2.45, 2.75) is 18.0 Å². The largest absolute Gasteiger partial charge is 0.326 e. The van der Waals surface area contributed by atoms with Crippen LogP contribution in [0.5, 0.6) is 0 Å². The highest BCUT2D eigenvalue weighted by Gasteiger charge is 2.21. The van der Waals surface area contributed by atoms with Crippen LogP contribution in [0.2, 0.25) is 10.0 Å². The van der Waals surface area contributed by atoms with Crippen LogP contribution in [0.3, 0.4) is 0 Å². The van der Waals surface area contributed by atoms with Gasteiger partial charge in [0.25, 0.3) is 0 Å². The first-order valence-corrected chi connectivity index (χ1v) is 8.39. The van der Waals surface area contributed by atoms with E-state index in [0.29, 0.717) is 6.54 Å². The molecule has 7 heteroatoms. The van der Waals surface area contributed by atoms with Crippen molar-refractivity contribution in [3.05, 3.63) is 63.6 Å². The highest BCUT2D eigenvalue weighted by atomic mass is 35.5. The predicted molar refractivity (Wildman–Crippen MR) is 84.8 cm³/mol. The second-order valence-corrected chi connectivity index (χ2v) is 6.91. The molecule has 21 heavy (non-hydrogen) atoms. The molecular formula is C14H14Cl2N2O2S. The van der Waals surface area contributed by atoms with E-state index in [1.165, 1.54) is 12.1 Å². The van der Waals surface area contributed by atoms with Gasteiger partial charge in [0.1, 0.15) is 4.90 Å². The number of rotatable bonds is 5. The number of sulfonamides is 1. The van der Waals surface area contributed by atoms with Crippen LogP contribution >= 0.6 is 23.2 Å². The van der Waals surface area contributed by atoms with Gasteiger partial charge in [-0.25, -0.2) is 13.1 Å². The predicted octanol–water partition coefficient (Wildman–Crippen LogP) is 2.93. The second-order valence-electron chi connectivity index (χ2n) is 4.40. The summed E-state index contributed by atoms with van der Waals surface area (Å²) in [5.74, 6) is 0. The molecule has 0 heterocycles. The number of halogens is 2. The average Bonchev–Trinajstić information content (AvgIpc) is 2.45. The molecule has 4 nitrogen and oxygen atoms in total. The molecule has 0 aliphatic heterocycles. The summed E-state index contributed by atoms with van der Waals surface area (Å²) in [6.45, 7) is 0.593. The Morgan fingerprint density at radius 2 is 1.48 bits per heavy atom. The second kappa shape index (κ2) is 6.77. The van der Waals surface area contributed by atoms with Gasteiger partial charge < -0.3 is 5.73 Å². The van der Waals surface area contributed by atoms with Gasteiger partial charge in [-0.2, -0.15) is 0 Å². The maximum Gasteiger partial charge on any atom is 0.243 e. The molecule has 0 aromatic heterocycles. The SMILES string of the molecule is NCc1ccc(CNS(=O)(=O)c2c(Cl)cccc2Cl)cc1. The fourth-order valence-electron chi connectivity index (χ4n) is 1.78. The van der Waals surface area contributed by atoms with E-state index in [1.807, 2.05) is 24.3 Å². The third kappa shape index (κ3) is 3.96. The zero-order valence-electron chi connectivity index (χ0n) is 11.0. The fraction of sp³-hybridized carbons (Fsp3) is 0.143. The molecule has 0 atom stereocenters. The Bertz CT molecular complexity index is 711. The van der Waals surface area contributed by atoms with E-state index in [-0.39, 0.29) is 21.5 Å². The Morgan fingerprint density at radius 1 is 0.952 bits per heavy atom. The van der Waals surface area contributed by atoms with Crippen LogP contribution in [-0.4, -0.2) is 8.42 Å². The summed E-state index contributed by atoms with van der Waals surface area (Å²) >= 11 is 11.8. The fourth-order valence-corrected chi connectivity index (χ4v) is 3.94. The van der Waals surface area contributed by atoms with Crippen LogP contribution in [0.1, 0.15) is 11.1 Å². The Hall–Kier alpha value is -1.11. The van der Waals surface area contributed by atoms with E-state index in [1.54, 1.807) is 6.07 Å². The summed E-state index contributed by atoms with van der Waals surface area (Å²) in [4.78, 5) is -0.105. The lowest BCUT2D eigenvalue weighted by molar-refractivity contribution is 0.581. The monoisotopic (exact) mass is 344 g/mol. The van der Waals surface area contributed by atoms with Crippen LogP contribution in [-0.2, 0) is 23.1 Å². The van der Waals surface area contributed by atoms with Crippen LogP contribution in [0.15, 0.2) is 47.4 Å². The van der Waals surface area contributed by atoms with Crippen LogP contribution in [0.25, 0.3) is 0 Å². The summed E-state index contributed by atoms with van der Waals surface area (Å²) in [6.07, 6.45) is 0. The molecule has 0 radical (unpaired) electrons. The third-order valence-corrected chi connectivity index (χ3v) is 5.27. The first-order valence-electron chi connectivity index (χ1n) is 6.15. The minimum atomic E-state index is -3.77. The Labute approximate surface area is 133 Å². The molecule has 0 amide bonds. The van der Waals surface area contributed by atoms with Crippen LogP contribution in [0, 0.1) is 0 Å². The van der Waals surface area contributed by atoms with Gasteiger partial charge in [-0.05, 0) is 23.3 Å². The molecule has 0 bridgehead atoms. The number of hydrogen-bond donors (Lipinski definition) is 2. The lowest BCUT2D eigenvalue weighted by Gasteiger charge is -2.10. The van der Waals surface area contributed by atoms with Crippen LogP contribution in [0.4, 0.5) is 0 Å². The van der Waals surface area contributed by atoms with E-state index >= 15 is 0 Å². The first-order chi connectivity index (χ1) is 9.94. The number of hydrogen-bond acceptors (Lipinski definition) is 3. The van der Waals surface area contributed by atoms with E-state index in [4.69, 9.17) is 28.9 Å². The zero-order chi connectivity index (χ0) is 15.5. The normalized spacial score (nSPS) is 11.6. The molecule has 0 saturated heterocycles. The van der Waals surface area contributed by atoms with Gasteiger partial charge in [-0.1, -0.05) is 53.5 Å². The number of nitrogens with two attached hydrogens (primary N) is 1. The highest BCUT2D eigenvalue weighted by molar-refractivity contribution is 7.89. The Morgan fingerprint density at radius 3 is 2.00 bits per heavy atom. The van der Waals surface area contributed by atoms with Crippen molar-refractivity contribution in [1.82, 2.24) is 4.72 Å². The summed E-state index contributed by atoms with van der Waals surface area (Å²) in [6, 6.07) is 11.9. The van der Waals surface area contributed by atoms with Crippen molar-refractivity contribution >= 4 is 33.2 Å². The minimum Gasteiger partial charge on any atom is -0.326 e. The van der Waals surface area contributed by atoms with Crippen molar-refractivity contribution in [2.24, 2.45) is 5.73 Å². The van der Waals surface area contributed by atoms with Gasteiger partial charge in [-0.3, -0.25) is 0 Å². The van der Waals surface area contributed by atoms with E-state index in [0.717, 1.165) is 11.1 Å². The smallest absolute Gasteiger partial charge is 0.243 e. The molecule has 112 valence electrons. The molecule has 0 unspecified atom stereocenters. The molecule has 0 fully saturated rings. The van der Waals surface area contributed by atoms with Gasteiger partial charge >= 0.3 is 0 Å². The molecule has 2 rings (SSSR count). The van der Waals surface area contributed by atoms with Crippen molar-refractivity contribution in [1.29, 1.82) is 0 Å². The zero-order valence-corrected chi connectivity index (χ0v) is 13.3. The van der Waals surface area contributed by atoms with Gasteiger partial charge in [-0.15, -0.1) is 0 Å². The van der Waals surface area contributed by atoms with Crippen molar-refractivity contribution in [3.8, 4) is 0 Å². The standard InChI is InChI=1S/C14H14Cl2N2O2S/c15-12-2-1-3-13(16)14(12)21(19,20)18-9-11-6-4-10(8-17)5-7-11/h1-7,18H,8-9,17H2. The van der Waals surface area contributed by atoms with E-state index in [9.17, 15) is 8.42 Å². The molecule has 0 saturated carbocycles. The number of nitrogens with one attached hydrogen (secondary N) is 1. The topological polar surface area (TPSA) is 72.2 Å². The maximum atomic E-state index is 12.3. The molecule has 0 aliphatic rings. The highest BCUT2D eigenvalue weighted by Crippen LogP contribution is 2.28. The summed E-state index contributed by atoms with van der Waals surface area (Å²) in [5, 5.41) is 0.182. The molecule has 3 N–H and O–H groups in total. The third-order valence-electron chi connectivity index (χ3n) is 2.91. The average molecular weight is 345 g/mol. The van der Waals surface area contributed by atoms with Crippen LogP contribution < -0.4 is 10.5 Å². The van der Waals surface area contributed by atoms with Crippen molar-refractivity contribution < 1.29 is 8.42 Å². The number of benzene rings is 2. The Kier molecular flexibility index (Phi) is 5.24. The lowest BCUT2D eigenvalue weighted by Crippen LogP contribution is -2.23. The molecule has 2 aromatic carbocycles. The summed E-state index contributed by atoms with van der Waals surface area (Å²) in [5.41, 5.74) is 7.31. The molecule has 0 aliphatic carbocycles. The van der Waals surface area contributed by atoms with E-state index < -0.39 is 10.0 Å². The lowest BCUT2D eigenvalue weighted by atomic mass is 10.1. The van der Waals surface area contributed by atoms with Gasteiger partial charge in [0.2, 0.25) is 10.0 Å². The quantitative estimate of drug-likeness (QED) is 0.875. The molecular weight excluding hydrogens is 331 g/mol. The Balaban J connectivity index is 2.18. The van der Waals surface area contributed by atoms with E-state index in [2.05, 4.69) is 4.72 Å². The minimum absolute atomic E-state index is 0.0912. The first kappa shape index (κ1) is 16.3. The van der Waals surface area contributed by atoms with Crippen molar-refractivity contribution in [2.75, 3.05) is 0 Å². The van der Waals surface area contributed by atoms with Gasteiger partial charge in [0.15, 0.2) is 0 Å². The molecule has 2 aromatic rings. The molecule has 0 spiro atoms. The maximum absolute atomic E-state index is 12.3. The summed E-state index contributed by atoms with van der Waals surface area (Å²) in [7, 11) is -3.77. The summed E-state index contributed by atoms with van der Waals surface area (Å²) < 4.78 is 27.0. The van der Waals surface area contributed by atoms with Crippen molar-refractivity contribution in [3.63, 3.8) is 0 Å².